The number of carbonyl (C=O) groups is 1. The van der Waals surface area contributed by atoms with Crippen LogP contribution in [0.2, 0.25) is 0 Å². The SMILES string of the molecule is O=C(C=Cc1ccc2c(c1)OCO2)Nc1c2c(nn1-c1ccccc1)CS(=O)(=O)C2. The topological polar surface area (TPSA) is 99.5 Å². The van der Waals surface area contributed by atoms with E-state index < -0.39 is 15.7 Å². The molecule has 3 heterocycles. The smallest absolute Gasteiger partial charge is 0.249 e. The maximum atomic E-state index is 12.6. The summed E-state index contributed by atoms with van der Waals surface area (Å²) in [5, 5.41) is 7.24. The summed E-state index contributed by atoms with van der Waals surface area (Å²) in [5.41, 5.74) is 2.51. The average molecular weight is 423 g/mol. The minimum Gasteiger partial charge on any atom is -0.454 e. The fourth-order valence-electron chi connectivity index (χ4n) is 3.47. The van der Waals surface area contributed by atoms with E-state index in [2.05, 4.69) is 10.4 Å². The molecule has 9 heteroatoms. The van der Waals surface area contributed by atoms with Crippen LogP contribution < -0.4 is 14.8 Å². The Labute approximate surface area is 172 Å². The van der Waals surface area contributed by atoms with Crippen molar-refractivity contribution in [2.75, 3.05) is 12.1 Å². The fourth-order valence-corrected chi connectivity index (χ4v) is 4.97. The van der Waals surface area contributed by atoms with Gasteiger partial charge in [0.2, 0.25) is 12.7 Å². The number of aromatic nitrogens is 2. The molecule has 5 rings (SSSR count). The molecule has 2 aliphatic heterocycles. The molecular weight excluding hydrogens is 406 g/mol. The highest BCUT2D eigenvalue weighted by Gasteiger charge is 2.33. The number of hydrogen-bond donors (Lipinski definition) is 1. The van der Waals surface area contributed by atoms with Crippen LogP contribution in [0.1, 0.15) is 16.8 Å². The Morgan fingerprint density at radius 1 is 1.07 bits per heavy atom. The predicted molar refractivity (Wildman–Crippen MR) is 110 cm³/mol. The van der Waals surface area contributed by atoms with E-state index >= 15 is 0 Å². The third-order valence-corrected chi connectivity index (χ3v) is 6.30. The van der Waals surface area contributed by atoms with Crippen molar-refractivity contribution in [3.8, 4) is 17.2 Å². The van der Waals surface area contributed by atoms with E-state index in [1.54, 1.807) is 22.9 Å². The number of amides is 1. The van der Waals surface area contributed by atoms with Crippen molar-refractivity contribution in [3.05, 3.63) is 71.4 Å². The number of carbonyl (C=O) groups excluding carboxylic acids is 1. The molecule has 0 atom stereocenters. The van der Waals surface area contributed by atoms with Crippen molar-refractivity contribution in [2.24, 2.45) is 0 Å². The molecule has 0 aliphatic carbocycles. The molecular formula is C21H17N3O5S. The van der Waals surface area contributed by atoms with Crippen LogP contribution >= 0.6 is 0 Å². The summed E-state index contributed by atoms with van der Waals surface area (Å²) in [6, 6.07) is 14.6. The lowest BCUT2D eigenvalue weighted by atomic mass is 10.2. The molecule has 0 saturated heterocycles. The van der Waals surface area contributed by atoms with Gasteiger partial charge in [0, 0.05) is 11.6 Å². The summed E-state index contributed by atoms with van der Waals surface area (Å²) in [7, 11) is -3.25. The Bertz CT molecular complexity index is 1280. The zero-order valence-corrected chi connectivity index (χ0v) is 16.6. The molecule has 0 bridgehead atoms. The number of ether oxygens (including phenoxy) is 2. The van der Waals surface area contributed by atoms with Crippen molar-refractivity contribution in [1.29, 1.82) is 0 Å². The normalized spacial score (nSPS) is 16.0. The predicted octanol–water partition coefficient (Wildman–Crippen LogP) is 2.68. The number of hydrogen-bond acceptors (Lipinski definition) is 6. The molecule has 0 spiro atoms. The van der Waals surface area contributed by atoms with Gasteiger partial charge in [-0.15, -0.1) is 0 Å². The lowest BCUT2D eigenvalue weighted by Gasteiger charge is -2.09. The van der Waals surface area contributed by atoms with Gasteiger partial charge in [0.25, 0.3) is 0 Å². The maximum absolute atomic E-state index is 12.6. The van der Waals surface area contributed by atoms with Gasteiger partial charge < -0.3 is 14.8 Å². The van der Waals surface area contributed by atoms with Crippen molar-refractivity contribution < 1.29 is 22.7 Å². The number of fused-ring (bicyclic) bond motifs is 2. The number of para-hydroxylation sites is 1. The highest BCUT2D eigenvalue weighted by atomic mass is 32.2. The molecule has 0 unspecified atom stereocenters. The van der Waals surface area contributed by atoms with Gasteiger partial charge in [-0.3, -0.25) is 4.79 Å². The fraction of sp³-hybridized carbons (Fsp3) is 0.143. The van der Waals surface area contributed by atoms with E-state index in [9.17, 15) is 13.2 Å². The highest BCUT2D eigenvalue weighted by molar-refractivity contribution is 7.90. The van der Waals surface area contributed by atoms with E-state index in [0.717, 1.165) is 11.3 Å². The second kappa shape index (κ2) is 7.03. The van der Waals surface area contributed by atoms with Crippen LogP contribution in [0.5, 0.6) is 11.5 Å². The third kappa shape index (κ3) is 3.43. The number of rotatable bonds is 4. The summed E-state index contributed by atoms with van der Waals surface area (Å²) in [5.74, 6) is 1.01. The molecule has 152 valence electrons. The molecule has 1 N–H and O–H groups in total. The van der Waals surface area contributed by atoms with Gasteiger partial charge in [-0.05, 0) is 35.9 Å². The number of benzene rings is 2. The number of nitrogens with zero attached hydrogens (tertiary/aromatic N) is 2. The summed E-state index contributed by atoms with van der Waals surface area (Å²) < 4.78 is 36.3. The number of anilines is 1. The van der Waals surface area contributed by atoms with Gasteiger partial charge in [-0.25, -0.2) is 13.1 Å². The number of sulfone groups is 1. The molecule has 2 aliphatic rings. The largest absolute Gasteiger partial charge is 0.454 e. The molecule has 0 saturated carbocycles. The molecule has 0 fully saturated rings. The molecule has 8 nitrogen and oxygen atoms in total. The Morgan fingerprint density at radius 2 is 1.87 bits per heavy atom. The van der Waals surface area contributed by atoms with Crippen LogP contribution in [0.25, 0.3) is 11.8 Å². The average Bonchev–Trinajstić information content (AvgIpc) is 3.40. The number of nitrogens with one attached hydrogen (secondary N) is 1. The van der Waals surface area contributed by atoms with Crippen LogP contribution in [-0.4, -0.2) is 30.9 Å². The molecule has 30 heavy (non-hydrogen) atoms. The summed E-state index contributed by atoms with van der Waals surface area (Å²) in [6.45, 7) is 0.181. The first kappa shape index (κ1) is 18.4. The Kier molecular flexibility index (Phi) is 4.32. The first-order valence-electron chi connectivity index (χ1n) is 9.24. The standard InChI is InChI=1S/C21H17N3O5S/c25-20(9-7-14-6-8-18-19(10-14)29-13-28-18)22-21-16-11-30(26,27)12-17(16)23-24(21)15-4-2-1-3-5-15/h1-10H,11-13H2,(H,22,25). The minimum absolute atomic E-state index is 0.127. The van der Waals surface area contributed by atoms with E-state index in [0.29, 0.717) is 28.6 Å². The zero-order chi connectivity index (χ0) is 20.7. The van der Waals surface area contributed by atoms with Crippen LogP contribution in [0.15, 0.2) is 54.6 Å². The third-order valence-electron chi connectivity index (χ3n) is 4.85. The first-order chi connectivity index (χ1) is 14.5. The zero-order valence-electron chi connectivity index (χ0n) is 15.7. The van der Waals surface area contributed by atoms with Crippen LogP contribution in [0, 0.1) is 0 Å². The Morgan fingerprint density at radius 3 is 2.70 bits per heavy atom. The lowest BCUT2D eigenvalue weighted by molar-refractivity contribution is -0.111. The summed E-state index contributed by atoms with van der Waals surface area (Å²) in [6.07, 6.45) is 3.03. The molecule has 3 aromatic rings. The molecule has 1 aromatic heterocycles. The van der Waals surface area contributed by atoms with Crippen molar-refractivity contribution in [1.82, 2.24) is 9.78 Å². The van der Waals surface area contributed by atoms with Crippen LogP contribution in [0.4, 0.5) is 5.82 Å². The second-order valence-electron chi connectivity index (χ2n) is 6.99. The minimum atomic E-state index is -3.25. The Hall–Kier alpha value is -3.59. The van der Waals surface area contributed by atoms with Crippen molar-refractivity contribution in [2.45, 2.75) is 11.5 Å². The van der Waals surface area contributed by atoms with E-state index in [1.807, 2.05) is 36.4 Å². The van der Waals surface area contributed by atoms with Crippen molar-refractivity contribution in [3.63, 3.8) is 0 Å². The first-order valence-corrected chi connectivity index (χ1v) is 11.1. The molecule has 0 radical (unpaired) electrons. The van der Waals surface area contributed by atoms with Gasteiger partial charge in [0.05, 0.1) is 22.9 Å². The quantitative estimate of drug-likeness (QED) is 0.648. The maximum Gasteiger partial charge on any atom is 0.249 e. The van der Waals surface area contributed by atoms with Crippen LogP contribution in [0.3, 0.4) is 0 Å². The molecule has 2 aromatic carbocycles. The summed E-state index contributed by atoms with van der Waals surface area (Å²) in [4.78, 5) is 12.6. The van der Waals surface area contributed by atoms with Gasteiger partial charge >= 0.3 is 0 Å². The lowest BCUT2D eigenvalue weighted by Crippen LogP contribution is -2.14. The summed E-state index contributed by atoms with van der Waals surface area (Å²) >= 11 is 0. The van der Waals surface area contributed by atoms with E-state index in [-0.39, 0.29) is 18.3 Å². The van der Waals surface area contributed by atoms with E-state index in [4.69, 9.17) is 9.47 Å². The monoisotopic (exact) mass is 423 g/mol. The van der Waals surface area contributed by atoms with E-state index in [1.165, 1.54) is 6.08 Å². The van der Waals surface area contributed by atoms with Gasteiger partial charge in [0.15, 0.2) is 21.3 Å². The van der Waals surface area contributed by atoms with Gasteiger partial charge in [0.1, 0.15) is 5.82 Å². The highest BCUT2D eigenvalue weighted by Crippen LogP contribution is 2.34. The van der Waals surface area contributed by atoms with Crippen molar-refractivity contribution >= 4 is 27.6 Å². The molecule has 1 amide bonds. The van der Waals surface area contributed by atoms with Crippen LogP contribution in [-0.2, 0) is 26.1 Å². The van der Waals surface area contributed by atoms with Gasteiger partial charge in [-0.2, -0.15) is 5.10 Å². The Balaban J connectivity index is 1.43. The van der Waals surface area contributed by atoms with Gasteiger partial charge in [-0.1, -0.05) is 24.3 Å². The second-order valence-corrected chi connectivity index (χ2v) is 9.05.